The fourth-order valence-corrected chi connectivity index (χ4v) is 9.01. The van der Waals surface area contributed by atoms with E-state index in [0.29, 0.717) is 22.8 Å². The molecule has 13 aromatic rings. The summed E-state index contributed by atoms with van der Waals surface area (Å²) in [6, 6.07) is 66.0. The Morgan fingerprint density at radius 3 is 1.37 bits per heavy atom. The van der Waals surface area contributed by atoms with Gasteiger partial charge in [0.05, 0.1) is 12.4 Å². The molecule has 0 saturated carbocycles. The minimum atomic E-state index is 0.639. The fraction of sp³-hybridized carbons (Fsp3) is 0. The molecule has 4 aromatic heterocycles. The van der Waals surface area contributed by atoms with Gasteiger partial charge in [0.15, 0.2) is 22.8 Å². The molecule has 0 unspecified atom stereocenters. The average molecular weight is 808 g/mol. The molecule has 0 fully saturated rings. The maximum Gasteiger partial charge on any atom is 0.172 e. The van der Waals surface area contributed by atoms with Crippen LogP contribution in [0.1, 0.15) is 0 Å². The van der Waals surface area contributed by atoms with Crippen molar-refractivity contribution in [3.05, 3.63) is 200 Å². The van der Waals surface area contributed by atoms with E-state index in [1.54, 1.807) is 12.4 Å². The number of hydrogen-bond donors (Lipinski definition) is 0. The lowest BCUT2D eigenvalue weighted by molar-refractivity contribution is 0.665. The highest BCUT2D eigenvalue weighted by Crippen LogP contribution is 2.40. The van der Waals surface area contributed by atoms with Crippen LogP contribution in [0.25, 0.3) is 110 Å². The van der Waals surface area contributed by atoms with Gasteiger partial charge in [0.2, 0.25) is 0 Å². The Kier molecular flexibility index (Phi) is 7.77. The number of anilines is 3. The van der Waals surface area contributed by atoms with E-state index in [2.05, 4.69) is 144 Å². The third-order valence-corrected chi connectivity index (χ3v) is 12.2. The zero-order chi connectivity index (χ0) is 41.4. The minimum Gasteiger partial charge on any atom is -0.453 e. The van der Waals surface area contributed by atoms with E-state index in [1.807, 2.05) is 48.5 Å². The summed E-state index contributed by atoms with van der Waals surface area (Å²) in [7, 11) is 0. The summed E-state index contributed by atoms with van der Waals surface area (Å²) < 4.78 is 12.0. The molecule has 0 aliphatic heterocycles. The molecule has 0 aliphatic carbocycles. The van der Waals surface area contributed by atoms with Gasteiger partial charge in [-0.1, -0.05) is 91.0 Å². The zero-order valence-corrected chi connectivity index (χ0v) is 33.6. The van der Waals surface area contributed by atoms with Crippen LogP contribution < -0.4 is 4.90 Å². The Labute approximate surface area is 360 Å². The maximum absolute atomic E-state index is 6.01. The Morgan fingerprint density at radius 2 is 0.762 bits per heavy atom. The predicted octanol–water partition coefficient (Wildman–Crippen LogP) is 15.0. The van der Waals surface area contributed by atoms with Crippen molar-refractivity contribution in [3.63, 3.8) is 0 Å². The van der Waals surface area contributed by atoms with Gasteiger partial charge in [-0.05, 0) is 141 Å². The number of fused-ring (bicyclic) bond motifs is 10. The Hall–Kier alpha value is -8.68. The summed E-state index contributed by atoms with van der Waals surface area (Å²) in [4.78, 5) is 21.6. The van der Waals surface area contributed by atoms with Gasteiger partial charge in [-0.2, -0.15) is 0 Å². The van der Waals surface area contributed by atoms with Gasteiger partial charge in [-0.15, -0.1) is 0 Å². The number of nitrogens with zero attached hydrogens (tertiary/aromatic N) is 5. The Balaban J connectivity index is 0.891. The van der Waals surface area contributed by atoms with Crippen LogP contribution in [0.4, 0.5) is 17.1 Å². The monoisotopic (exact) mass is 807 g/mol. The van der Waals surface area contributed by atoms with E-state index >= 15 is 0 Å². The minimum absolute atomic E-state index is 0.639. The molecule has 13 rings (SSSR count). The molecule has 7 nitrogen and oxygen atoms in total. The number of aromatic nitrogens is 4. The van der Waals surface area contributed by atoms with Crippen molar-refractivity contribution in [2.75, 3.05) is 4.90 Å². The van der Waals surface area contributed by atoms with Crippen LogP contribution in [-0.4, -0.2) is 19.9 Å². The van der Waals surface area contributed by atoms with Gasteiger partial charge in [-0.25, -0.2) is 19.9 Å². The molecule has 4 heterocycles. The molecule has 9 aromatic carbocycles. The first-order chi connectivity index (χ1) is 31.2. The second-order valence-electron chi connectivity index (χ2n) is 15.9. The summed E-state index contributed by atoms with van der Waals surface area (Å²) in [5.74, 6) is 1.28. The highest BCUT2D eigenvalue weighted by atomic mass is 16.3. The highest BCUT2D eigenvalue weighted by molar-refractivity contribution is 6.10. The van der Waals surface area contributed by atoms with Crippen LogP contribution in [0.15, 0.2) is 209 Å². The standard InChI is InChI=1S/C56H33N5O2/c1-2-8-37-29-38(14-13-34(37)7-1)39-21-27-45-40(30-39)15-16-41-31-44(26-28-46(41)45)61(42-22-17-35(18-23-42)55-57-32-51-53(59-55)47-9-3-5-11-49(47)62-51)43-24-19-36(20-25-43)56-58-33-52-54(60-56)48-10-4-6-12-50(48)63-52/h1-33H. The lowest BCUT2D eigenvalue weighted by Crippen LogP contribution is -2.10. The molecule has 0 atom stereocenters. The summed E-state index contributed by atoms with van der Waals surface area (Å²) in [6.07, 6.45) is 3.53. The molecule has 0 aliphatic rings. The number of para-hydroxylation sites is 2. The average Bonchev–Trinajstić information content (AvgIpc) is 3.92. The van der Waals surface area contributed by atoms with Crippen molar-refractivity contribution < 1.29 is 8.83 Å². The maximum atomic E-state index is 6.01. The first-order valence-corrected chi connectivity index (χ1v) is 20.9. The van der Waals surface area contributed by atoms with Crippen LogP contribution in [0.2, 0.25) is 0 Å². The smallest absolute Gasteiger partial charge is 0.172 e. The predicted molar refractivity (Wildman–Crippen MR) is 256 cm³/mol. The van der Waals surface area contributed by atoms with E-state index in [9.17, 15) is 0 Å². The molecule has 7 heteroatoms. The van der Waals surface area contributed by atoms with Crippen LogP contribution in [-0.2, 0) is 0 Å². The second kappa shape index (κ2) is 13.9. The molecular formula is C56H33N5O2. The van der Waals surface area contributed by atoms with E-state index in [1.165, 1.54) is 38.1 Å². The number of hydrogen-bond acceptors (Lipinski definition) is 7. The number of furan rings is 2. The molecule has 0 radical (unpaired) electrons. The van der Waals surface area contributed by atoms with E-state index in [0.717, 1.165) is 66.5 Å². The highest BCUT2D eigenvalue weighted by Gasteiger charge is 2.18. The topological polar surface area (TPSA) is 81.1 Å². The van der Waals surface area contributed by atoms with Gasteiger partial charge in [0, 0.05) is 39.0 Å². The molecule has 0 saturated heterocycles. The van der Waals surface area contributed by atoms with Crippen LogP contribution >= 0.6 is 0 Å². The van der Waals surface area contributed by atoms with Crippen molar-refractivity contribution in [3.8, 4) is 33.9 Å². The largest absolute Gasteiger partial charge is 0.453 e. The van der Waals surface area contributed by atoms with Crippen molar-refractivity contribution >= 4 is 93.5 Å². The van der Waals surface area contributed by atoms with E-state index < -0.39 is 0 Å². The molecule has 0 bridgehead atoms. The van der Waals surface area contributed by atoms with Gasteiger partial charge >= 0.3 is 0 Å². The van der Waals surface area contributed by atoms with Crippen LogP contribution in [0.3, 0.4) is 0 Å². The summed E-state index contributed by atoms with van der Waals surface area (Å²) in [5, 5.41) is 9.21. The SMILES string of the molecule is c1ccc2cc(-c3ccc4c(ccc5cc(N(c6ccc(-c7ncc8oc9ccccc9c8n7)cc6)c6ccc(-c7ncc8oc9ccccc9c8n7)cc6)ccc54)c3)ccc2c1. The Bertz CT molecular complexity index is 3770. The van der Waals surface area contributed by atoms with Gasteiger partial charge < -0.3 is 13.7 Å². The summed E-state index contributed by atoms with van der Waals surface area (Å²) in [5.41, 5.74) is 11.8. The molecule has 0 amide bonds. The van der Waals surface area contributed by atoms with Crippen molar-refractivity contribution in [1.29, 1.82) is 0 Å². The van der Waals surface area contributed by atoms with Crippen LogP contribution in [0, 0.1) is 0 Å². The normalized spacial score (nSPS) is 11.8. The molecule has 0 spiro atoms. The van der Waals surface area contributed by atoms with E-state index in [4.69, 9.17) is 28.8 Å². The van der Waals surface area contributed by atoms with Crippen LogP contribution in [0.5, 0.6) is 0 Å². The van der Waals surface area contributed by atoms with Crippen molar-refractivity contribution in [2.45, 2.75) is 0 Å². The molecule has 63 heavy (non-hydrogen) atoms. The lowest BCUT2D eigenvalue weighted by atomic mass is 9.96. The van der Waals surface area contributed by atoms with E-state index in [-0.39, 0.29) is 0 Å². The summed E-state index contributed by atoms with van der Waals surface area (Å²) >= 11 is 0. The van der Waals surface area contributed by atoms with Crippen molar-refractivity contribution in [2.24, 2.45) is 0 Å². The molecule has 294 valence electrons. The molecule has 0 N–H and O–H groups in total. The number of rotatable bonds is 6. The number of benzene rings is 9. The van der Waals surface area contributed by atoms with Gasteiger partial charge in [-0.3, -0.25) is 0 Å². The lowest BCUT2D eigenvalue weighted by Gasteiger charge is -2.26. The van der Waals surface area contributed by atoms with Gasteiger partial charge in [0.25, 0.3) is 0 Å². The second-order valence-corrected chi connectivity index (χ2v) is 15.9. The quantitative estimate of drug-likeness (QED) is 0.155. The summed E-state index contributed by atoms with van der Waals surface area (Å²) in [6.45, 7) is 0. The Morgan fingerprint density at radius 1 is 0.317 bits per heavy atom. The third-order valence-electron chi connectivity index (χ3n) is 12.2. The first-order valence-electron chi connectivity index (χ1n) is 20.9. The van der Waals surface area contributed by atoms with Crippen molar-refractivity contribution in [1.82, 2.24) is 19.9 Å². The van der Waals surface area contributed by atoms with Gasteiger partial charge in [0.1, 0.15) is 22.2 Å². The third kappa shape index (κ3) is 5.90. The first kappa shape index (κ1) is 35.1. The fourth-order valence-electron chi connectivity index (χ4n) is 9.01. The zero-order valence-electron chi connectivity index (χ0n) is 33.6. The molecular weight excluding hydrogens is 775 g/mol.